The highest BCUT2D eigenvalue weighted by molar-refractivity contribution is 14.1. The first kappa shape index (κ1) is 16.1. The van der Waals surface area contributed by atoms with Crippen LogP contribution in [0.1, 0.15) is 5.56 Å². The molecule has 0 atom stereocenters. The predicted molar refractivity (Wildman–Crippen MR) is 93.9 cm³/mol. The number of halogens is 3. The van der Waals surface area contributed by atoms with Crippen molar-refractivity contribution in [3.63, 3.8) is 0 Å². The highest BCUT2D eigenvalue weighted by Gasteiger charge is 2.18. The van der Waals surface area contributed by atoms with Crippen LogP contribution < -0.4 is 4.72 Å². The molecule has 0 aliphatic heterocycles. The van der Waals surface area contributed by atoms with Crippen molar-refractivity contribution in [3.8, 4) is 0 Å². The number of nitrogens with one attached hydrogen (secondary N) is 1. The number of anilines is 1. The van der Waals surface area contributed by atoms with E-state index in [1.54, 1.807) is 43.3 Å². The fraction of sp³-hybridized carbons (Fsp3) is 0.0769. The topological polar surface area (TPSA) is 46.2 Å². The minimum atomic E-state index is -3.63. The zero-order chi connectivity index (χ0) is 14.9. The van der Waals surface area contributed by atoms with E-state index in [4.69, 9.17) is 11.6 Å². The third kappa shape index (κ3) is 3.66. The molecule has 0 fully saturated rings. The fourth-order valence-electron chi connectivity index (χ4n) is 1.64. The van der Waals surface area contributed by atoms with Gasteiger partial charge in [-0.1, -0.05) is 33.6 Å². The third-order valence-corrected chi connectivity index (χ3v) is 5.74. The van der Waals surface area contributed by atoms with Crippen molar-refractivity contribution in [2.24, 2.45) is 0 Å². The molecule has 2 aromatic carbocycles. The van der Waals surface area contributed by atoms with Crippen molar-refractivity contribution in [2.75, 3.05) is 4.72 Å². The van der Waals surface area contributed by atoms with Gasteiger partial charge in [0.1, 0.15) is 0 Å². The Labute approximate surface area is 145 Å². The van der Waals surface area contributed by atoms with Gasteiger partial charge in [0.15, 0.2) is 0 Å². The van der Waals surface area contributed by atoms with Crippen LogP contribution in [0.4, 0.5) is 5.69 Å². The minimum absolute atomic E-state index is 0.248. The summed E-state index contributed by atoms with van der Waals surface area (Å²) in [6, 6.07) is 10.1. The second-order valence-electron chi connectivity index (χ2n) is 4.14. The molecule has 0 saturated carbocycles. The van der Waals surface area contributed by atoms with Crippen LogP contribution in [0.25, 0.3) is 0 Å². The molecule has 0 aromatic heterocycles. The van der Waals surface area contributed by atoms with Gasteiger partial charge in [0.05, 0.1) is 10.6 Å². The summed E-state index contributed by atoms with van der Waals surface area (Å²) in [5.41, 5.74) is 1.19. The van der Waals surface area contributed by atoms with Crippen LogP contribution in [0.2, 0.25) is 5.02 Å². The number of rotatable bonds is 3. The summed E-state index contributed by atoms with van der Waals surface area (Å²) in [6.07, 6.45) is 0. The molecule has 0 radical (unpaired) electrons. The van der Waals surface area contributed by atoms with Crippen LogP contribution in [0.3, 0.4) is 0 Å². The van der Waals surface area contributed by atoms with Gasteiger partial charge in [-0.2, -0.15) is 0 Å². The Hall–Kier alpha value is -0.310. The van der Waals surface area contributed by atoms with E-state index in [0.717, 1.165) is 3.57 Å². The smallest absolute Gasteiger partial charge is 0.262 e. The fourth-order valence-corrected chi connectivity index (χ4v) is 4.69. The maximum absolute atomic E-state index is 12.4. The summed E-state index contributed by atoms with van der Waals surface area (Å²) in [5.74, 6) is 0. The molecular weight excluding hydrogens is 476 g/mol. The summed E-state index contributed by atoms with van der Waals surface area (Å²) in [5, 5.41) is 0.566. The first-order chi connectivity index (χ1) is 9.29. The van der Waals surface area contributed by atoms with Crippen molar-refractivity contribution in [3.05, 3.63) is 55.0 Å². The zero-order valence-electron chi connectivity index (χ0n) is 10.3. The van der Waals surface area contributed by atoms with Gasteiger partial charge in [-0.25, -0.2) is 8.42 Å². The second kappa shape index (κ2) is 6.21. The van der Waals surface area contributed by atoms with Gasteiger partial charge in [0.25, 0.3) is 10.0 Å². The lowest BCUT2D eigenvalue weighted by atomic mass is 10.2. The van der Waals surface area contributed by atoms with Crippen LogP contribution in [-0.4, -0.2) is 8.42 Å². The SMILES string of the molecule is Cc1ccc(Br)cc1S(=O)(=O)Nc1ccc(Cl)cc1I. The summed E-state index contributed by atoms with van der Waals surface area (Å²) in [4.78, 5) is 0.248. The molecule has 0 bridgehead atoms. The van der Waals surface area contributed by atoms with Crippen molar-refractivity contribution < 1.29 is 8.42 Å². The molecule has 0 saturated heterocycles. The quantitative estimate of drug-likeness (QED) is 0.633. The number of sulfonamides is 1. The zero-order valence-corrected chi connectivity index (χ0v) is 15.6. The normalized spacial score (nSPS) is 11.4. The van der Waals surface area contributed by atoms with E-state index in [1.807, 2.05) is 22.6 Å². The Bertz CT molecular complexity index is 765. The third-order valence-electron chi connectivity index (χ3n) is 2.62. The average molecular weight is 487 g/mol. The van der Waals surface area contributed by atoms with Crippen molar-refractivity contribution in [2.45, 2.75) is 11.8 Å². The van der Waals surface area contributed by atoms with E-state index in [0.29, 0.717) is 20.7 Å². The monoisotopic (exact) mass is 485 g/mol. The van der Waals surface area contributed by atoms with E-state index < -0.39 is 10.0 Å². The standard InChI is InChI=1S/C13H10BrClINO2S/c1-8-2-3-9(14)6-13(8)20(18,19)17-12-5-4-10(15)7-11(12)16/h2-7,17H,1H3. The first-order valence-corrected chi connectivity index (χ1v) is 9.27. The molecule has 0 unspecified atom stereocenters. The first-order valence-electron chi connectivity index (χ1n) is 5.53. The van der Waals surface area contributed by atoms with E-state index in [1.165, 1.54) is 0 Å². The van der Waals surface area contributed by atoms with Crippen LogP contribution in [0, 0.1) is 10.5 Å². The minimum Gasteiger partial charge on any atom is -0.279 e. The number of benzene rings is 2. The Morgan fingerprint density at radius 2 is 1.90 bits per heavy atom. The molecular formula is C13H10BrClINO2S. The van der Waals surface area contributed by atoms with Crippen molar-refractivity contribution in [1.29, 1.82) is 0 Å². The van der Waals surface area contributed by atoms with Gasteiger partial charge in [-0.15, -0.1) is 0 Å². The van der Waals surface area contributed by atoms with Gasteiger partial charge in [0.2, 0.25) is 0 Å². The van der Waals surface area contributed by atoms with Crippen molar-refractivity contribution >= 4 is 65.8 Å². The highest BCUT2D eigenvalue weighted by Crippen LogP contribution is 2.27. The Kier molecular flexibility index (Phi) is 4.99. The van der Waals surface area contributed by atoms with E-state index >= 15 is 0 Å². The maximum atomic E-state index is 12.4. The molecule has 0 amide bonds. The number of hydrogen-bond acceptors (Lipinski definition) is 2. The molecule has 20 heavy (non-hydrogen) atoms. The van der Waals surface area contributed by atoms with Crippen LogP contribution in [0.5, 0.6) is 0 Å². The van der Waals surface area contributed by atoms with E-state index in [-0.39, 0.29) is 4.90 Å². The molecule has 2 aromatic rings. The Balaban J connectivity index is 2.43. The van der Waals surface area contributed by atoms with Gasteiger partial charge < -0.3 is 0 Å². The molecule has 3 nitrogen and oxygen atoms in total. The molecule has 106 valence electrons. The molecule has 0 aliphatic rings. The van der Waals surface area contributed by atoms with E-state index in [2.05, 4.69) is 20.7 Å². The lowest BCUT2D eigenvalue weighted by Gasteiger charge is -2.12. The Morgan fingerprint density at radius 3 is 2.55 bits per heavy atom. The molecule has 0 aliphatic carbocycles. The predicted octanol–water partition coefficient (Wildman–Crippen LogP) is 4.82. The summed E-state index contributed by atoms with van der Waals surface area (Å²) in [7, 11) is -3.63. The summed E-state index contributed by atoms with van der Waals surface area (Å²) in [6.45, 7) is 1.76. The molecule has 7 heteroatoms. The van der Waals surface area contributed by atoms with Crippen LogP contribution >= 0.6 is 50.1 Å². The number of aryl methyl sites for hydroxylation is 1. The average Bonchev–Trinajstić information content (AvgIpc) is 2.35. The van der Waals surface area contributed by atoms with Crippen molar-refractivity contribution in [1.82, 2.24) is 0 Å². The van der Waals surface area contributed by atoms with Gasteiger partial charge in [-0.05, 0) is 65.4 Å². The van der Waals surface area contributed by atoms with Gasteiger partial charge in [-0.3, -0.25) is 4.72 Å². The summed E-state index contributed by atoms with van der Waals surface area (Å²) < 4.78 is 28.9. The number of hydrogen-bond donors (Lipinski definition) is 1. The van der Waals surface area contributed by atoms with Crippen LogP contribution in [0.15, 0.2) is 45.8 Å². The molecule has 0 heterocycles. The second-order valence-corrected chi connectivity index (χ2v) is 8.30. The molecule has 1 N–H and O–H groups in total. The van der Waals surface area contributed by atoms with Gasteiger partial charge in [0, 0.05) is 13.1 Å². The Morgan fingerprint density at radius 1 is 1.20 bits per heavy atom. The maximum Gasteiger partial charge on any atom is 0.262 e. The van der Waals surface area contributed by atoms with Crippen LogP contribution in [-0.2, 0) is 10.0 Å². The lowest BCUT2D eigenvalue weighted by Crippen LogP contribution is -2.15. The van der Waals surface area contributed by atoms with E-state index in [9.17, 15) is 8.42 Å². The lowest BCUT2D eigenvalue weighted by molar-refractivity contribution is 0.600. The van der Waals surface area contributed by atoms with Gasteiger partial charge >= 0.3 is 0 Å². The largest absolute Gasteiger partial charge is 0.279 e. The molecule has 2 rings (SSSR count). The highest BCUT2D eigenvalue weighted by atomic mass is 127. The summed E-state index contributed by atoms with van der Waals surface area (Å²) >= 11 is 11.2. The molecule has 0 spiro atoms.